The molecule has 1 aromatic carbocycles. The number of hydrogen-bond acceptors (Lipinski definition) is 2. The van der Waals surface area contributed by atoms with Gasteiger partial charge in [0, 0.05) is 30.2 Å². The number of imidazole rings is 1. The van der Waals surface area contributed by atoms with Gasteiger partial charge >= 0.3 is 0 Å². The van der Waals surface area contributed by atoms with Gasteiger partial charge in [-0.2, -0.15) is 0 Å². The van der Waals surface area contributed by atoms with Crippen molar-refractivity contribution in [1.82, 2.24) is 9.55 Å². The van der Waals surface area contributed by atoms with Gasteiger partial charge in [0.1, 0.15) is 5.82 Å². The van der Waals surface area contributed by atoms with E-state index in [0.717, 1.165) is 36.5 Å². The Bertz CT molecular complexity index is 500. The van der Waals surface area contributed by atoms with Crippen molar-refractivity contribution >= 4 is 5.69 Å². The Morgan fingerprint density at radius 1 is 1.29 bits per heavy atom. The second-order valence-corrected chi connectivity index (χ2v) is 4.21. The first-order chi connectivity index (χ1) is 8.26. The molecule has 17 heavy (non-hydrogen) atoms. The number of anilines is 1. The number of benzene rings is 1. The molecule has 90 valence electrons. The lowest BCUT2D eigenvalue weighted by Crippen LogP contribution is -2.00. The number of hydrogen-bond donors (Lipinski definition) is 1. The highest BCUT2D eigenvalue weighted by atomic mass is 15.1. The second kappa shape index (κ2) is 5.04. The number of rotatable bonds is 4. The molecule has 0 aliphatic heterocycles. The third kappa shape index (κ3) is 2.33. The van der Waals surface area contributed by atoms with Crippen molar-refractivity contribution in [2.24, 2.45) is 0 Å². The van der Waals surface area contributed by atoms with Crippen LogP contribution in [0.1, 0.15) is 25.8 Å². The van der Waals surface area contributed by atoms with Crippen molar-refractivity contribution in [1.29, 1.82) is 0 Å². The molecular formula is C14H19N3. The summed E-state index contributed by atoms with van der Waals surface area (Å²) in [6, 6.07) is 6.16. The molecule has 0 radical (unpaired) electrons. The fourth-order valence-corrected chi connectivity index (χ4v) is 2.04. The highest BCUT2D eigenvalue weighted by molar-refractivity contribution is 5.62. The molecule has 2 N–H and O–H groups in total. The summed E-state index contributed by atoms with van der Waals surface area (Å²) < 4.78 is 2.19. The Kier molecular flexibility index (Phi) is 3.47. The Morgan fingerprint density at radius 2 is 2.12 bits per heavy atom. The molecule has 0 atom stereocenters. The molecule has 0 amide bonds. The fourth-order valence-electron chi connectivity index (χ4n) is 2.04. The molecule has 0 saturated carbocycles. The summed E-state index contributed by atoms with van der Waals surface area (Å²) >= 11 is 0. The van der Waals surface area contributed by atoms with E-state index in [9.17, 15) is 0 Å². The topological polar surface area (TPSA) is 43.8 Å². The normalized spacial score (nSPS) is 10.7. The van der Waals surface area contributed by atoms with E-state index in [-0.39, 0.29) is 0 Å². The molecule has 0 bridgehead atoms. The molecule has 0 fully saturated rings. The van der Waals surface area contributed by atoms with Crippen LogP contribution in [0.15, 0.2) is 30.6 Å². The van der Waals surface area contributed by atoms with E-state index in [0.29, 0.717) is 0 Å². The Morgan fingerprint density at radius 3 is 2.82 bits per heavy atom. The minimum atomic E-state index is 0.866. The van der Waals surface area contributed by atoms with Gasteiger partial charge in [0.2, 0.25) is 0 Å². The van der Waals surface area contributed by atoms with Crippen LogP contribution in [0.5, 0.6) is 0 Å². The van der Waals surface area contributed by atoms with Crippen LogP contribution >= 0.6 is 0 Å². The number of nitrogens with two attached hydrogens (primary N) is 1. The lowest BCUT2D eigenvalue weighted by molar-refractivity contribution is 0.685. The van der Waals surface area contributed by atoms with E-state index in [2.05, 4.69) is 29.5 Å². The minimum absolute atomic E-state index is 0.866. The molecule has 0 saturated heterocycles. The van der Waals surface area contributed by atoms with Gasteiger partial charge in [0.05, 0.1) is 0 Å². The van der Waals surface area contributed by atoms with E-state index in [4.69, 9.17) is 5.73 Å². The van der Waals surface area contributed by atoms with E-state index >= 15 is 0 Å². The van der Waals surface area contributed by atoms with Gasteiger partial charge < -0.3 is 10.3 Å². The van der Waals surface area contributed by atoms with Crippen molar-refractivity contribution in [3.8, 4) is 11.4 Å². The van der Waals surface area contributed by atoms with Crippen molar-refractivity contribution in [2.75, 3.05) is 5.73 Å². The molecule has 1 heterocycles. The molecule has 0 aliphatic rings. The second-order valence-electron chi connectivity index (χ2n) is 4.21. The fraction of sp³-hybridized carbons (Fsp3) is 0.357. The smallest absolute Gasteiger partial charge is 0.139 e. The van der Waals surface area contributed by atoms with Gasteiger partial charge in [-0.1, -0.05) is 13.8 Å². The lowest BCUT2D eigenvalue weighted by Gasteiger charge is -2.09. The van der Waals surface area contributed by atoms with Crippen LogP contribution in [0.3, 0.4) is 0 Å². The van der Waals surface area contributed by atoms with Crippen molar-refractivity contribution in [3.05, 3.63) is 36.2 Å². The van der Waals surface area contributed by atoms with Crippen LogP contribution in [0.4, 0.5) is 5.69 Å². The first-order valence-electron chi connectivity index (χ1n) is 6.16. The highest BCUT2D eigenvalue weighted by Gasteiger charge is 2.07. The Balaban J connectivity index is 2.42. The van der Waals surface area contributed by atoms with E-state index in [1.807, 2.05) is 24.5 Å². The molecule has 2 rings (SSSR count). The third-order valence-corrected chi connectivity index (χ3v) is 2.96. The molecule has 2 aromatic rings. The third-order valence-electron chi connectivity index (χ3n) is 2.96. The van der Waals surface area contributed by atoms with Gasteiger partial charge in [0.25, 0.3) is 0 Å². The molecule has 0 unspecified atom stereocenters. The largest absolute Gasteiger partial charge is 0.399 e. The maximum atomic E-state index is 5.92. The minimum Gasteiger partial charge on any atom is -0.399 e. The summed E-state index contributed by atoms with van der Waals surface area (Å²) in [7, 11) is 0. The van der Waals surface area contributed by atoms with Gasteiger partial charge in [-0.3, -0.25) is 0 Å². The van der Waals surface area contributed by atoms with Crippen LogP contribution < -0.4 is 5.73 Å². The van der Waals surface area contributed by atoms with Gasteiger partial charge in [-0.25, -0.2) is 4.98 Å². The standard InChI is InChI=1S/C14H19N3/c1-3-8-17-9-7-16-14(17)12-5-6-13(15)11(4-2)10-12/h5-7,9-10H,3-4,8,15H2,1-2H3. The average Bonchev–Trinajstić information content (AvgIpc) is 2.78. The summed E-state index contributed by atoms with van der Waals surface area (Å²) in [5.74, 6) is 1.03. The zero-order valence-corrected chi connectivity index (χ0v) is 10.5. The first-order valence-corrected chi connectivity index (χ1v) is 6.16. The average molecular weight is 229 g/mol. The molecule has 0 aliphatic carbocycles. The molecule has 1 aromatic heterocycles. The number of aryl methyl sites for hydroxylation is 2. The summed E-state index contributed by atoms with van der Waals surface area (Å²) in [5.41, 5.74) is 9.12. The monoisotopic (exact) mass is 229 g/mol. The predicted molar refractivity (Wildman–Crippen MR) is 71.7 cm³/mol. The molecule has 0 spiro atoms. The summed E-state index contributed by atoms with van der Waals surface area (Å²) in [6.07, 6.45) is 5.95. The number of nitrogens with zero attached hydrogens (tertiary/aromatic N) is 2. The van der Waals surface area contributed by atoms with Crippen LogP contribution in [0, 0.1) is 0 Å². The molecular weight excluding hydrogens is 210 g/mol. The summed E-state index contributed by atoms with van der Waals surface area (Å²) in [6.45, 7) is 5.29. The van der Waals surface area contributed by atoms with Gasteiger partial charge in [-0.05, 0) is 36.6 Å². The summed E-state index contributed by atoms with van der Waals surface area (Å²) in [4.78, 5) is 4.43. The maximum absolute atomic E-state index is 5.92. The zero-order valence-electron chi connectivity index (χ0n) is 10.5. The highest BCUT2D eigenvalue weighted by Crippen LogP contribution is 2.23. The van der Waals surface area contributed by atoms with Crippen LogP contribution in [0.25, 0.3) is 11.4 Å². The van der Waals surface area contributed by atoms with Gasteiger partial charge in [-0.15, -0.1) is 0 Å². The van der Waals surface area contributed by atoms with E-state index in [1.54, 1.807) is 0 Å². The van der Waals surface area contributed by atoms with E-state index in [1.165, 1.54) is 5.56 Å². The van der Waals surface area contributed by atoms with Gasteiger partial charge in [0.15, 0.2) is 0 Å². The van der Waals surface area contributed by atoms with Crippen molar-refractivity contribution in [3.63, 3.8) is 0 Å². The summed E-state index contributed by atoms with van der Waals surface area (Å²) in [5, 5.41) is 0. The Labute approximate surface area is 102 Å². The van der Waals surface area contributed by atoms with Crippen molar-refractivity contribution in [2.45, 2.75) is 33.2 Å². The zero-order chi connectivity index (χ0) is 12.3. The maximum Gasteiger partial charge on any atom is 0.139 e. The Hall–Kier alpha value is -1.77. The molecule has 3 heteroatoms. The van der Waals surface area contributed by atoms with E-state index < -0.39 is 0 Å². The number of aromatic nitrogens is 2. The predicted octanol–water partition coefficient (Wildman–Crippen LogP) is 3.10. The van der Waals surface area contributed by atoms with Crippen LogP contribution in [0.2, 0.25) is 0 Å². The SMILES string of the molecule is CCCn1ccnc1-c1ccc(N)c(CC)c1. The lowest BCUT2D eigenvalue weighted by atomic mass is 10.1. The first kappa shape index (κ1) is 11.7. The quantitative estimate of drug-likeness (QED) is 0.819. The number of nitrogen functional groups attached to an aromatic ring is 1. The van der Waals surface area contributed by atoms with Crippen molar-refractivity contribution < 1.29 is 0 Å². The molecule has 3 nitrogen and oxygen atoms in total. The van der Waals surface area contributed by atoms with Crippen LogP contribution in [-0.2, 0) is 13.0 Å². The van der Waals surface area contributed by atoms with Crippen LogP contribution in [-0.4, -0.2) is 9.55 Å².